The number of hydrogen-bond donors (Lipinski definition) is 5. The number of nitrogens with zero attached hydrogens (tertiary/aromatic N) is 2. The number of hydrogen-bond acceptors (Lipinski definition) is 7. The third-order valence-electron chi connectivity index (χ3n) is 3.28. The quantitative estimate of drug-likeness (QED) is 0.394. The van der Waals surface area contributed by atoms with Crippen molar-refractivity contribution >= 4 is 11.2 Å². The van der Waals surface area contributed by atoms with E-state index in [0.29, 0.717) is 0 Å². The van der Waals surface area contributed by atoms with Crippen molar-refractivity contribution in [1.82, 2.24) is 19.5 Å². The van der Waals surface area contributed by atoms with Gasteiger partial charge in [0.05, 0.1) is 12.9 Å². The molecule has 1 aliphatic rings. The molecule has 1 aliphatic heterocycles. The van der Waals surface area contributed by atoms with Crippen LogP contribution in [0, 0.1) is 0 Å². The minimum Gasteiger partial charge on any atom is -0.394 e. The van der Waals surface area contributed by atoms with Crippen molar-refractivity contribution in [3.05, 3.63) is 27.2 Å². The Hall–Kier alpha value is -2.01. The Morgan fingerprint density at radius 2 is 2.10 bits per heavy atom. The third-order valence-corrected chi connectivity index (χ3v) is 3.28. The van der Waals surface area contributed by atoms with E-state index in [2.05, 4.69) is 15.0 Å². The Balaban J connectivity index is 2.16. The molecule has 0 radical (unpaired) electrons. The van der Waals surface area contributed by atoms with Gasteiger partial charge in [0, 0.05) is 0 Å². The molecule has 0 amide bonds. The molecule has 2 aromatic heterocycles. The number of fused-ring (bicyclic) bond motifs is 1. The maximum Gasteiger partial charge on any atom is 0.330 e. The molecule has 0 spiro atoms. The number of aliphatic hydroxyl groups is 3. The van der Waals surface area contributed by atoms with E-state index in [1.54, 1.807) is 0 Å². The molecular formula is C10H12N4O6. The van der Waals surface area contributed by atoms with E-state index in [-0.39, 0.29) is 11.2 Å². The second kappa shape index (κ2) is 4.52. The molecule has 108 valence electrons. The summed E-state index contributed by atoms with van der Waals surface area (Å²) in [5.74, 6) is 0. The first-order chi connectivity index (χ1) is 9.54. The van der Waals surface area contributed by atoms with Gasteiger partial charge in [-0.05, 0) is 0 Å². The summed E-state index contributed by atoms with van der Waals surface area (Å²) in [6, 6.07) is 0. The predicted octanol–water partition coefficient (Wildman–Crippen LogP) is -2.98. The van der Waals surface area contributed by atoms with Crippen LogP contribution in [0.3, 0.4) is 0 Å². The molecule has 4 unspecified atom stereocenters. The molecule has 10 nitrogen and oxygen atoms in total. The second-order valence-corrected chi connectivity index (χ2v) is 4.46. The number of H-pyrrole nitrogens is 2. The van der Waals surface area contributed by atoms with E-state index in [0.717, 1.165) is 10.9 Å². The lowest BCUT2D eigenvalue weighted by molar-refractivity contribution is -0.0524. The molecule has 20 heavy (non-hydrogen) atoms. The lowest BCUT2D eigenvalue weighted by Crippen LogP contribution is -2.34. The van der Waals surface area contributed by atoms with Crippen LogP contribution in [-0.2, 0) is 4.74 Å². The summed E-state index contributed by atoms with van der Waals surface area (Å²) in [5, 5.41) is 28.6. The molecule has 3 rings (SSSR count). The van der Waals surface area contributed by atoms with Crippen LogP contribution in [0.5, 0.6) is 0 Å². The smallest absolute Gasteiger partial charge is 0.330 e. The number of imidazole rings is 1. The van der Waals surface area contributed by atoms with Gasteiger partial charge in [-0.3, -0.25) is 9.78 Å². The molecule has 5 N–H and O–H groups in total. The maximum atomic E-state index is 11.9. The van der Waals surface area contributed by atoms with Crippen molar-refractivity contribution in [2.75, 3.05) is 6.61 Å². The number of aromatic nitrogens is 4. The number of rotatable bonds is 2. The van der Waals surface area contributed by atoms with Crippen molar-refractivity contribution < 1.29 is 20.1 Å². The zero-order chi connectivity index (χ0) is 14.4. The van der Waals surface area contributed by atoms with E-state index < -0.39 is 42.4 Å². The van der Waals surface area contributed by atoms with Gasteiger partial charge in [-0.15, -0.1) is 0 Å². The van der Waals surface area contributed by atoms with E-state index in [4.69, 9.17) is 9.84 Å². The van der Waals surface area contributed by atoms with Crippen molar-refractivity contribution in [1.29, 1.82) is 0 Å². The molecule has 0 saturated carbocycles. The van der Waals surface area contributed by atoms with Crippen molar-refractivity contribution in [2.45, 2.75) is 24.5 Å². The average Bonchev–Trinajstić information content (AvgIpc) is 2.90. The number of ether oxygens (including phenoxy) is 1. The molecular weight excluding hydrogens is 272 g/mol. The predicted molar refractivity (Wildman–Crippen MR) is 64.0 cm³/mol. The molecule has 1 fully saturated rings. The summed E-state index contributed by atoms with van der Waals surface area (Å²) >= 11 is 0. The van der Waals surface area contributed by atoms with Crippen LogP contribution < -0.4 is 11.2 Å². The molecule has 10 heteroatoms. The monoisotopic (exact) mass is 284 g/mol. The summed E-state index contributed by atoms with van der Waals surface area (Å²) in [6.45, 7) is -0.514. The van der Waals surface area contributed by atoms with Crippen molar-refractivity contribution in [3.63, 3.8) is 0 Å². The van der Waals surface area contributed by atoms with Crippen molar-refractivity contribution in [2.24, 2.45) is 0 Å². The van der Waals surface area contributed by atoms with Gasteiger partial charge in [0.15, 0.2) is 17.4 Å². The molecule has 2 aromatic rings. The minimum absolute atomic E-state index is 0.00594. The normalized spacial score (nSPS) is 30.1. The summed E-state index contributed by atoms with van der Waals surface area (Å²) in [5.41, 5.74) is -1.32. The van der Waals surface area contributed by atoms with Gasteiger partial charge in [-0.25, -0.2) is 14.3 Å². The summed E-state index contributed by atoms with van der Waals surface area (Å²) < 4.78 is 6.19. The zero-order valence-electron chi connectivity index (χ0n) is 10.1. The Morgan fingerprint density at radius 3 is 2.75 bits per heavy atom. The standard InChI is InChI=1S/C10H12N4O6/c15-1-3-5(16)6(17)9(20-3)14-7-4(13-10(14)19)8(18)12-2-11-7/h2-3,5-6,9,15-17H,1H2,(H,13,19)(H,11,12,18). The molecule has 0 bridgehead atoms. The Labute approximate surface area is 110 Å². The SMILES string of the molecule is O=c1[nH]cnc2c1[nH]c(=O)n2C1OC(CO)C(O)C1O. The fourth-order valence-corrected chi connectivity index (χ4v) is 2.28. The van der Waals surface area contributed by atoms with Crippen LogP contribution in [0.1, 0.15) is 6.23 Å². The van der Waals surface area contributed by atoms with Crippen LogP contribution in [0.4, 0.5) is 0 Å². The largest absolute Gasteiger partial charge is 0.394 e. The van der Waals surface area contributed by atoms with Gasteiger partial charge < -0.3 is 25.0 Å². The van der Waals surface area contributed by atoms with Crippen molar-refractivity contribution in [3.8, 4) is 0 Å². The van der Waals surface area contributed by atoms with Crippen LogP contribution in [-0.4, -0.2) is 59.8 Å². The number of aliphatic hydroxyl groups excluding tert-OH is 3. The van der Waals surface area contributed by atoms with E-state index in [1.807, 2.05) is 0 Å². The summed E-state index contributed by atoms with van der Waals surface area (Å²) in [4.78, 5) is 31.9. The number of nitrogens with one attached hydrogen (secondary N) is 2. The number of aromatic amines is 2. The molecule has 3 heterocycles. The molecule has 0 aliphatic carbocycles. The van der Waals surface area contributed by atoms with Gasteiger partial charge in [-0.2, -0.15) is 0 Å². The summed E-state index contributed by atoms with van der Waals surface area (Å²) in [6.07, 6.45) is -3.92. The van der Waals surface area contributed by atoms with Gasteiger partial charge in [0.25, 0.3) is 5.56 Å². The second-order valence-electron chi connectivity index (χ2n) is 4.46. The average molecular weight is 284 g/mol. The van der Waals surface area contributed by atoms with Gasteiger partial charge in [-0.1, -0.05) is 0 Å². The lowest BCUT2D eigenvalue weighted by atomic mass is 10.1. The fourth-order valence-electron chi connectivity index (χ4n) is 2.28. The topological polar surface area (TPSA) is 153 Å². The van der Waals surface area contributed by atoms with Gasteiger partial charge in [0.2, 0.25) is 0 Å². The lowest BCUT2D eigenvalue weighted by Gasteiger charge is -2.15. The zero-order valence-corrected chi connectivity index (χ0v) is 10.1. The van der Waals surface area contributed by atoms with E-state index in [9.17, 15) is 19.8 Å². The molecule has 0 aromatic carbocycles. The van der Waals surface area contributed by atoms with E-state index >= 15 is 0 Å². The van der Waals surface area contributed by atoms with Gasteiger partial charge in [0.1, 0.15) is 18.3 Å². The minimum atomic E-state index is -1.43. The van der Waals surface area contributed by atoms with Gasteiger partial charge >= 0.3 is 5.69 Å². The molecule has 4 atom stereocenters. The first-order valence-corrected chi connectivity index (χ1v) is 5.85. The van der Waals surface area contributed by atoms with E-state index in [1.165, 1.54) is 0 Å². The molecule has 1 saturated heterocycles. The first kappa shape index (κ1) is 13.0. The maximum absolute atomic E-state index is 11.9. The van der Waals surface area contributed by atoms with Crippen LogP contribution in [0.15, 0.2) is 15.9 Å². The van der Waals surface area contributed by atoms with Crippen LogP contribution >= 0.6 is 0 Å². The highest BCUT2D eigenvalue weighted by Crippen LogP contribution is 2.29. The van der Waals surface area contributed by atoms with Crippen LogP contribution in [0.25, 0.3) is 11.2 Å². The first-order valence-electron chi connectivity index (χ1n) is 5.85. The highest BCUT2D eigenvalue weighted by Gasteiger charge is 2.44. The third kappa shape index (κ3) is 1.70. The fraction of sp³-hybridized carbons (Fsp3) is 0.500. The summed E-state index contributed by atoms with van der Waals surface area (Å²) in [7, 11) is 0. The Morgan fingerprint density at radius 1 is 1.35 bits per heavy atom. The Kier molecular flexibility index (Phi) is 2.94. The Bertz CT molecular complexity index is 748. The van der Waals surface area contributed by atoms with Crippen LogP contribution in [0.2, 0.25) is 0 Å². The highest BCUT2D eigenvalue weighted by atomic mass is 16.6. The highest BCUT2D eigenvalue weighted by molar-refractivity contribution is 5.68.